The largest absolute Gasteiger partial charge is 0.497 e. The first-order valence-corrected chi connectivity index (χ1v) is 7.25. The van der Waals surface area contributed by atoms with E-state index in [1.807, 2.05) is 12.3 Å². The zero-order valence-corrected chi connectivity index (χ0v) is 13.6. The lowest BCUT2D eigenvalue weighted by Crippen LogP contribution is -2.18. The van der Waals surface area contributed by atoms with Gasteiger partial charge in [0.1, 0.15) is 11.3 Å². The molecule has 0 spiro atoms. The van der Waals surface area contributed by atoms with Crippen molar-refractivity contribution in [1.29, 1.82) is 0 Å². The highest BCUT2D eigenvalue weighted by atomic mass is 16.5. The van der Waals surface area contributed by atoms with E-state index in [9.17, 15) is 0 Å². The number of furan rings is 1. The first-order valence-electron chi connectivity index (χ1n) is 7.25. The van der Waals surface area contributed by atoms with Gasteiger partial charge < -0.3 is 19.2 Å². The van der Waals surface area contributed by atoms with Gasteiger partial charge in [-0.05, 0) is 17.5 Å². The second-order valence-electron chi connectivity index (χ2n) is 6.23. The Hall–Kier alpha value is -1.52. The first-order chi connectivity index (χ1) is 9.97. The molecule has 0 bridgehead atoms. The minimum absolute atomic E-state index is 0.00535. The second kappa shape index (κ2) is 6.50. The van der Waals surface area contributed by atoms with Crippen LogP contribution in [0.5, 0.6) is 5.75 Å². The maximum atomic E-state index is 5.84. The lowest BCUT2D eigenvalue weighted by molar-refractivity contribution is 0.199. The molecule has 0 saturated heterocycles. The maximum Gasteiger partial charge on any atom is 0.138 e. The van der Waals surface area contributed by atoms with Gasteiger partial charge in [-0.15, -0.1) is 0 Å². The Balaban J connectivity index is 2.37. The quantitative estimate of drug-likeness (QED) is 0.828. The number of hydrogen-bond donors (Lipinski definition) is 1. The van der Waals surface area contributed by atoms with Crippen LogP contribution in [0.3, 0.4) is 0 Å². The molecule has 2 rings (SSSR count). The van der Waals surface area contributed by atoms with E-state index in [1.54, 1.807) is 14.2 Å². The fraction of sp³-hybridized carbons (Fsp3) is 0.529. The topological polar surface area (TPSA) is 43.6 Å². The zero-order chi connectivity index (χ0) is 15.5. The van der Waals surface area contributed by atoms with E-state index >= 15 is 0 Å². The van der Waals surface area contributed by atoms with Crippen LogP contribution in [0.2, 0.25) is 0 Å². The zero-order valence-electron chi connectivity index (χ0n) is 13.6. The third-order valence-corrected chi connectivity index (χ3v) is 3.57. The van der Waals surface area contributed by atoms with Gasteiger partial charge >= 0.3 is 0 Å². The molecule has 0 aliphatic rings. The molecule has 0 aliphatic carbocycles. The van der Waals surface area contributed by atoms with Crippen molar-refractivity contribution < 1.29 is 13.9 Å². The molecule has 0 atom stereocenters. The van der Waals surface area contributed by atoms with Gasteiger partial charge in [0.05, 0.1) is 20.0 Å². The lowest BCUT2D eigenvalue weighted by Gasteiger charge is -2.20. The van der Waals surface area contributed by atoms with E-state index in [4.69, 9.17) is 13.9 Å². The van der Waals surface area contributed by atoms with Gasteiger partial charge in [0, 0.05) is 36.7 Å². The van der Waals surface area contributed by atoms with Crippen LogP contribution in [0, 0.1) is 0 Å². The number of ether oxygens (including phenoxy) is 2. The van der Waals surface area contributed by atoms with Gasteiger partial charge in [0.2, 0.25) is 0 Å². The minimum Gasteiger partial charge on any atom is -0.497 e. The predicted octanol–water partition coefficient (Wildman–Crippen LogP) is 3.47. The van der Waals surface area contributed by atoms with Crippen LogP contribution in [0.4, 0.5) is 0 Å². The molecular weight excluding hydrogens is 266 g/mol. The number of fused-ring (bicyclic) bond motifs is 1. The Labute approximate surface area is 126 Å². The molecule has 0 radical (unpaired) electrons. The Morgan fingerprint density at radius 1 is 1.19 bits per heavy atom. The molecule has 1 aromatic carbocycles. The van der Waals surface area contributed by atoms with Gasteiger partial charge in [0.15, 0.2) is 0 Å². The molecule has 21 heavy (non-hydrogen) atoms. The van der Waals surface area contributed by atoms with Crippen LogP contribution < -0.4 is 10.1 Å². The van der Waals surface area contributed by atoms with Crippen molar-refractivity contribution in [3.63, 3.8) is 0 Å². The first kappa shape index (κ1) is 15.9. The highest BCUT2D eigenvalue weighted by Gasteiger charge is 2.22. The van der Waals surface area contributed by atoms with Crippen molar-refractivity contribution in [1.82, 2.24) is 5.32 Å². The van der Waals surface area contributed by atoms with Crippen LogP contribution >= 0.6 is 0 Å². The monoisotopic (exact) mass is 291 g/mol. The maximum absolute atomic E-state index is 5.84. The molecule has 0 unspecified atom stereocenters. The van der Waals surface area contributed by atoms with E-state index in [1.165, 1.54) is 5.56 Å². The van der Waals surface area contributed by atoms with E-state index in [-0.39, 0.29) is 5.41 Å². The molecule has 1 N–H and O–H groups in total. The second-order valence-corrected chi connectivity index (χ2v) is 6.23. The van der Waals surface area contributed by atoms with E-state index in [0.29, 0.717) is 6.61 Å². The Kier molecular flexibility index (Phi) is 4.91. The van der Waals surface area contributed by atoms with Crippen molar-refractivity contribution in [2.75, 3.05) is 27.4 Å². The summed E-state index contributed by atoms with van der Waals surface area (Å²) in [4.78, 5) is 0. The van der Waals surface area contributed by atoms with Gasteiger partial charge in [-0.1, -0.05) is 20.8 Å². The molecule has 1 aromatic heterocycles. The van der Waals surface area contributed by atoms with Crippen LogP contribution in [0.1, 0.15) is 31.9 Å². The standard InChI is InChI=1S/C17H25NO3/c1-17(2,3)15-9-13(20-5)8-14-12(11-21-16(14)15)10-18-6-7-19-4/h8-9,11,18H,6-7,10H2,1-5H3. The summed E-state index contributed by atoms with van der Waals surface area (Å²) in [5.41, 5.74) is 3.27. The van der Waals surface area contributed by atoms with Crippen molar-refractivity contribution >= 4 is 11.0 Å². The lowest BCUT2D eigenvalue weighted by atomic mass is 9.85. The van der Waals surface area contributed by atoms with Crippen molar-refractivity contribution in [2.24, 2.45) is 0 Å². The van der Waals surface area contributed by atoms with E-state index in [2.05, 4.69) is 32.2 Å². The molecule has 2 aromatic rings. The molecule has 0 aliphatic heterocycles. The molecule has 1 heterocycles. The Morgan fingerprint density at radius 2 is 1.95 bits per heavy atom. The smallest absolute Gasteiger partial charge is 0.138 e. The summed E-state index contributed by atoms with van der Waals surface area (Å²) in [5.74, 6) is 0.868. The third-order valence-electron chi connectivity index (χ3n) is 3.57. The summed E-state index contributed by atoms with van der Waals surface area (Å²) in [6.07, 6.45) is 1.83. The molecular formula is C17H25NO3. The van der Waals surface area contributed by atoms with Crippen molar-refractivity contribution in [3.8, 4) is 5.75 Å². The molecule has 116 valence electrons. The third kappa shape index (κ3) is 3.57. The highest BCUT2D eigenvalue weighted by molar-refractivity contribution is 5.86. The molecule has 0 saturated carbocycles. The fourth-order valence-electron chi connectivity index (χ4n) is 2.37. The summed E-state index contributed by atoms with van der Waals surface area (Å²) in [7, 11) is 3.40. The normalized spacial score (nSPS) is 12.0. The number of nitrogens with one attached hydrogen (secondary N) is 1. The summed E-state index contributed by atoms with van der Waals surface area (Å²) < 4.78 is 16.3. The average Bonchev–Trinajstić information content (AvgIpc) is 2.84. The molecule has 4 nitrogen and oxygen atoms in total. The summed E-state index contributed by atoms with van der Waals surface area (Å²) in [5, 5.41) is 4.47. The van der Waals surface area contributed by atoms with Crippen molar-refractivity contribution in [3.05, 3.63) is 29.5 Å². The summed E-state index contributed by atoms with van der Waals surface area (Å²) in [6.45, 7) is 8.82. The van der Waals surface area contributed by atoms with Gasteiger partial charge in [0.25, 0.3) is 0 Å². The van der Waals surface area contributed by atoms with Gasteiger partial charge in [-0.3, -0.25) is 0 Å². The molecule has 4 heteroatoms. The van der Waals surface area contributed by atoms with E-state index < -0.39 is 0 Å². The number of hydrogen-bond acceptors (Lipinski definition) is 4. The van der Waals surface area contributed by atoms with Crippen LogP contribution in [0.15, 0.2) is 22.8 Å². The van der Waals surface area contributed by atoms with Gasteiger partial charge in [-0.25, -0.2) is 0 Å². The SMILES string of the molecule is COCCNCc1coc2c(C(C)(C)C)cc(OC)cc12. The predicted molar refractivity (Wildman–Crippen MR) is 85.0 cm³/mol. The van der Waals surface area contributed by atoms with Crippen molar-refractivity contribution in [2.45, 2.75) is 32.7 Å². The van der Waals surface area contributed by atoms with Crippen LogP contribution in [0.25, 0.3) is 11.0 Å². The highest BCUT2D eigenvalue weighted by Crippen LogP contribution is 2.36. The van der Waals surface area contributed by atoms with E-state index in [0.717, 1.165) is 35.4 Å². The number of benzene rings is 1. The number of rotatable bonds is 6. The van der Waals surface area contributed by atoms with Gasteiger partial charge in [-0.2, -0.15) is 0 Å². The molecule has 0 amide bonds. The average molecular weight is 291 g/mol. The van der Waals surface area contributed by atoms with Crippen LogP contribution in [-0.2, 0) is 16.7 Å². The minimum atomic E-state index is 0.00535. The number of methoxy groups -OCH3 is 2. The Bertz CT molecular complexity index is 596. The van der Waals surface area contributed by atoms with Crippen LogP contribution in [-0.4, -0.2) is 27.4 Å². The summed E-state index contributed by atoms with van der Waals surface area (Å²) in [6, 6.07) is 4.11. The molecule has 0 fully saturated rings. The summed E-state index contributed by atoms with van der Waals surface area (Å²) >= 11 is 0. The fourth-order valence-corrected chi connectivity index (χ4v) is 2.37. The Morgan fingerprint density at radius 3 is 2.57 bits per heavy atom.